The summed E-state index contributed by atoms with van der Waals surface area (Å²) in [6.45, 7) is 0.611. The van der Waals surface area contributed by atoms with E-state index in [4.69, 9.17) is 0 Å². The monoisotopic (exact) mass is 302 g/mol. The van der Waals surface area contributed by atoms with Gasteiger partial charge in [-0.1, -0.05) is 18.2 Å². The van der Waals surface area contributed by atoms with Crippen LogP contribution in [0.3, 0.4) is 0 Å². The van der Waals surface area contributed by atoms with Gasteiger partial charge in [0.05, 0.1) is 6.54 Å². The van der Waals surface area contributed by atoms with Crippen LogP contribution in [0, 0.1) is 0 Å². The van der Waals surface area contributed by atoms with Crippen LogP contribution < -0.4 is 0 Å². The van der Waals surface area contributed by atoms with Gasteiger partial charge in [-0.2, -0.15) is 0 Å². The van der Waals surface area contributed by atoms with E-state index in [9.17, 15) is 5.11 Å². The van der Waals surface area contributed by atoms with Crippen LogP contribution in [-0.4, -0.2) is 24.6 Å². The maximum atomic E-state index is 9.45. The SMILES string of the molecule is Oc1ccc(Cn2c(-c3ccccn3)nc3cccnc32)cc1. The number of imidazole rings is 1. The largest absolute Gasteiger partial charge is 0.508 e. The van der Waals surface area contributed by atoms with E-state index in [0.717, 1.165) is 28.2 Å². The number of pyridine rings is 2. The molecular formula is C18H14N4O. The summed E-state index contributed by atoms with van der Waals surface area (Å²) in [4.78, 5) is 13.6. The Kier molecular flexibility index (Phi) is 3.24. The van der Waals surface area contributed by atoms with E-state index in [1.54, 1.807) is 24.5 Å². The third-order valence-corrected chi connectivity index (χ3v) is 3.67. The summed E-state index contributed by atoms with van der Waals surface area (Å²) in [5.41, 5.74) is 3.53. The van der Waals surface area contributed by atoms with Gasteiger partial charge in [0.15, 0.2) is 11.5 Å². The predicted molar refractivity (Wildman–Crippen MR) is 88.0 cm³/mol. The minimum absolute atomic E-state index is 0.257. The highest BCUT2D eigenvalue weighted by Gasteiger charge is 2.14. The standard InChI is InChI=1S/C18H14N4O/c23-14-8-6-13(7-9-14)12-22-17-16(5-3-11-20-17)21-18(22)15-4-1-2-10-19-15/h1-11,23H,12H2. The van der Waals surface area contributed by atoms with Crippen molar-refractivity contribution in [1.29, 1.82) is 0 Å². The van der Waals surface area contributed by atoms with Crippen molar-refractivity contribution in [3.8, 4) is 17.3 Å². The van der Waals surface area contributed by atoms with Gasteiger partial charge in [0, 0.05) is 12.4 Å². The molecule has 0 unspecified atom stereocenters. The molecule has 0 fully saturated rings. The quantitative estimate of drug-likeness (QED) is 0.631. The fourth-order valence-electron chi connectivity index (χ4n) is 2.58. The zero-order valence-electron chi connectivity index (χ0n) is 12.3. The molecule has 3 heterocycles. The van der Waals surface area contributed by atoms with Crippen molar-refractivity contribution in [2.45, 2.75) is 6.54 Å². The van der Waals surface area contributed by atoms with Crippen molar-refractivity contribution in [2.75, 3.05) is 0 Å². The summed E-state index contributed by atoms with van der Waals surface area (Å²) in [6.07, 6.45) is 3.52. The fourth-order valence-corrected chi connectivity index (χ4v) is 2.58. The Hall–Kier alpha value is -3.21. The molecule has 0 radical (unpaired) electrons. The van der Waals surface area contributed by atoms with Gasteiger partial charge in [-0.3, -0.25) is 4.98 Å². The molecule has 23 heavy (non-hydrogen) atoms. The van der Waals surface area contributed by atoms with Crippen LogP contribution in [0.1, 0.15) is 5.56 Å². The first-order chi connectivity index (χ1) is 11.3. The molecule has 112 valence electrons. The number of benzene rings is 1. The molecule has 1 N–H and O–H groups in total. The average Bonchev–Trinajstić information content (AvgIpc) is 2.96. The fraction of sp³-hybridized carbons (Fsp3) is 0.0556. The van der Waals surface area contributed by atoms with E-state index in [1.807, 2.05) is 47.0 Å². The van der Waals surface area contributed by atoms with Crippen LogP contribution >= 0.6 is 0 Å². The predicted octanol–water partition coefficient (Wildman–Crippen LogP) is 3.25. The molecule has 4 rings (SSSR count). The van der Waals surface area contributed by atoms with E-state index in [-0.39, 0.29) is 5.75 Å². The van der Waals surface area contributed by atoms with Crippen molar-refractivity contribution >= 4 is 11.2 Å². The number of phenolic OH excluding ortho intramolecular Hbond substituents is 1. The highest BCUT2D eigenvalue weighted by atomic mass is 16.3. The van der Waals surface area contributed by atoms with Gasteiger partial charge >= 0.3 is 0 Å². The summed E-state index contributed by atoms with van der Waals surface area (Å²) in [7, 11) is 0. The highest BCUT2D eigenvalue weighted by molar-refractivity contribution is 5.76. The molecule has 0 bridgehead atoms. The van der Waals surface area contributed by atoms with Crippen molar-refractivity contribution < 1.29 is 5.11 Å². The molecule has 0 aliphatic rings. The molecule has 0 aliphatic carbocycles. The minimum atomic E-state index is 0.257. The normalized spacial score (nSPS) is 11.0. The Balaban J connectivity index is 1.87. The number of nitrogens with zero attached hydrogens (tertiary/aromatic N) is 4. The number of hydrogen-bond donors (Lipinski definition) is 1. The van der Waals surface area contributed by atoms with E-state index >= 15 is 0 Å². The Bertz CT molecular complexity index is 946. The van der Waals surface area contributed by atoms with Crippen molar-refractivity contribution in [3.63, 3.8) is 0 Å². The van der Waals surface area contributed by atoms with Crippen molar-refractivity contribution in [1.82, 2.24) is 19.5 Å². The highest BCUT2D eigenvalue weighted by Crippen LogP contribution is 2.23. The van der Waals surface area contributed by atoms with Gasteiger partial charge in [0.2, 0.25) is 0 Å². The Morgan fingerprint density at radius 2 is 1.70 bits per heavy atom. The number of rotatable bonds is 3. The lowest BCUT2D eigenvalue weighted by molar-refractivity contribution is 0.475. The van der Waals surface area contributed by atoms with Crippen LogP contribution in [0.4, 0.5) is 0 Å². The number of hydrogen-bond acceptors (Lipinski definition) is 4. The molecule has 0 aliphatic heterocycles. The number of fused-ring (bicyclic) bond motifs is 1. The number of phenols is 1. The van der Waals surface area contributed by atoms with Gasteiger partial charge in [0.25, 0.3) is 0 Å². The Morgan fingerprint density at radius 1 is 0.870 bits per heavy atom. The van der Waals surface area contributed by atoms with Crippen LogP contribution in [0.5, 0.6) is 5.75 Å². The molecule has 5 heteroatoms. The summed E-state index contributed by atoms with van der Waals surface area (Å²) in [5.74, 6) is 1.04. The van der Waals surface area contributed by atoms with E-state index < -0.39 is 0 Å². The summed E-state index contributed by atoms with van der Waals surface area (Å²) in [6, 6.07) is 16.7. The topological polar surface area (TPSA) is 63.8 Å². The molecular weight excluding hydrogens is 288 g/mol. The van der Waals surface area contributed by atoms with Crippen LogP contribution in [0.25, 0.3) is 22.7 Å². The van der Waals surface area contributed by atoms with Gasteiger partial charge in [-0.15, -0.1) is 0 Å². The first kappa shape index (κ1) is 13.5. The van der Waals surface area contributed by atoms with Crippen molar-refractivity contribution in [3.05, 3.63) is 72.6 Å². The maximum Gasteiger partial charge on any atom is 0.161 e. The molecule has 0 atom stereocenters. The van der Waals surface area contributed by atoms with Crippen LogP contribution in [0.15, 0.2) is 67.0 Å². The van der Waals surface area contributed by atoms with E-state index in [1.165, 1.54) is 0 Å². The lowest BCUT2D eigenvalue weighted by Gasteiger charge is -2.08. The molecule has 5 nitrogen and oxygen atoms in total. The van der Waals surface area contributed by atoms with Gasteiger partial charge in [-0.25, -0.2) is 9.97 Å². The molecule has 1 aromatic carbocycles. The smallest absolute Gasteiger partial charge is 0.161 e. The zero-order valence-corrected chi connectivity index (χ0v) is 12.3. The lowest BCUT2D eigenvalue weighted by Crippen LogP contribution is -2.03. The molecule has 0 saturated heterocycles. The van der Waals surface area contributed by atoms with E-state index in [0.29, 0.717) is 6.54 Å². The van der Waals surface area contributed by atoms with Gasteiger partial charge in [-0.05, 0) is 42.0 Å². The van der Waals surface area contributed by atoms with Crippen LogP contribution in [-0.2, 0) is 6.54 Å². The summed E-state index contributed by atoms with van der Waals surface area (Å²) >= 11 is 0. The van der Waals surface area contributed by atoms with E-state index in [2.05, 4.69) is 15.0 Å². The molecule has 4 aromatic rings. The third kappa shape index (κ3) is 2.53. The lowest BCUT2D eigenvalue weighted by atomic mass is 10.2. The zero-order chi connectivity index (χ0) is 15.6. The minimum Gasteiger partial charge on any atom is -0.508 e. The average molecular weight is 302 g/mol. The Labute approximate surface area is 132 Å². The first-order valence-electron chi connectivity index (χ1n) is 7.32. The number of aromatic nitrogens is 4. The molecule has 3 aromatic heterocycles. The van der Waals surface area contributed by atoms with Gasteiger partial charge < -0.3 is 9.67 Å². The number of aromatic hydroxyl groups is 1. The summed E-state index contributed by atoms with van der Waals surface area (Å²) < 4.78 is 2.05. The second kappa shape index (κ2) is 5.53. The van der Waals surface area contributed by atoms with Crippen LogP contribution in [0.2, 0.25) is 0 Å². The van der Waals surface area contributed by atoms with Gasteiger partial charge in [0.1, 0.15) is 17.0 Å². The summed E-state index contributed by atoms with van der Waals surface area (Å²) in [5, 5.41) is 9.45. The maximum absolute atomic E-state index is 9.45. The molecule has 0 amide bonds. The van der Waals surface area contributed by atoms with Crippen molar-refractivity contribution in [2.24, 2.45) is 0 Å². The Morgan fingerprint density at radius 3 is 2.48 bits per heavy atom. The molecule has 0 spiro atoms. The second-order valence-corrected chi connectivity index (χ2v) is 5.25. The third-order valence-electron chi connectivity index (χ3n) is 3.67. The molecule has 0 saturated carbocycles. The first-order valence-corrected chi connectivity index (χ1v) is 7.32. The second-order valence-electron chi connectivity index (χ2n) is 5.25.